The monoisotopic (exact) mass is 398 g/mol. The van der Waals surface area contributed by atoms with Crippen molar-refractivity contribution in [3.05, 3.63) is 65.5 Å². The summed E-state index contributed by atoms with van der Waals surface area (Å²) in [5, 5.41) is 9.01. The number of para-hydroxylation sites is 1. The van der Waals surface area contributed by atoms with Crippen molar-refractivity contribution in [3.63, 3.8) is 0 Å². The third kappa shape index (κ3) is 4.90. The van der Waals surface area contributed by atoms with Gasteiger partial charge in [-0.05, 0) is 24.3 Å². The molecule has 0 spiro atoms. The molecule has 2 aromatic carbocycles. The van der Waals surface area contributed by atoms with E-state index in [-0.39, 0.29) is 0 Å². The van der Waals surface area contributed by atoms with E-state index in [2.05, 4.69) is 20.0 Å². The average molecular weight is 399 g/mol. The standard InChI is InChI=1S/C21H23ClN4O2/c22-18-8-4-5-9-19(18)27-15-14-25-10-12-26(13-11-25)16-20-23-24-21(28-20)17-6-2-1-3-7-17/h1-9H,10-16H2. The van der Waals surface area contributed by atoms with Crippen molar-refractivity contribution < 1.29 is 9.15 Å². The zero-order valence-electron chi connectivity index (χ0n) is 15.6. The summed E-state index contributed by atoms with van der Waals surface area (Å²) in [6, 6.07) is 17.4. The van der Waals surface area contributed by atoms with E-state index >= 15 is 0 Å². The molecule has 1 saturated heterocycles. The third-order valence-electron chi connectivity index (χ3n) is 4.81. The van der Waals surface area contributed by atoms with Crippen LogP contribution in [-0.2, 0) is 6.54 Å². The lowest BCUT2D eigenvalue weighted by Gasteiger charge is -2.33. The number of piperazine rings is 1. The van der Waals surface area contributed by atoms with Crippen LogP contribution in [0.25, 0.3) is 11.5 Å². The van der Waals surface area contributed by atoms with Crippen LogP contribution in [0.4, 0.5) is 0 Å². The second-order valence-electron chi connectivity index (χ2n) is 6.76. The lowest BCUT2D eigenvalue weighted by atomic mass is 10.2. The Kier molecular flexibility index (Phi) is 6.21. The smallest absolute Gasteiger partial charge is 0.247 e. The van der Waals surface area contributed by atoms with E-state index in [1.54, 1.807) is 0 Å². The van der Waals surface area contributed by atoms with Crippen LogP contribution in [0, 0.1) is 0 Å². The first-order chi connectivity index (χ1) is 13.8. The highest BCUT2D eigenvalue weighted by Crippen LogP contribution is 2.23. The van der Waals surface area contributed by atoms with Gasteiger partial charge in [0.2, 0.25) is 11.8 Å². The summed E-state index contributed by atoms with van der Waals surface area (Å²) in [6.07, 6.45) is 0. The van der Waals surface area contributed by atoms with Crippen molar-refractivity contribution in [1.82, 2.24) is 20.0 Å². The van der Waals surface area contributed by atoms with Crippen LogP contribution in [0.5, 0.6) is 5.75 Å². The SMILES string of the molecule is Clc1ccccc1OCCN1CCN(Cc2nnc(-c3ccccc3)o2)CC1. The number of benzene rings is 2. The highest BCUT2D eigenvalue weighted by atomic mass is 35.5. The number of ether oxygens (including phenoxy) is 1. The zero-order chi connectivity index (χ0) is 19.2. The molecule has 0 unspecified atom stereocenters. The lowest BCUT2D eigenvalue weighted by Crippen LogP contribution is -2.47. The molecule has 0 bridgehead atoms. The van der Waals surface area contributed by atoms with Crippen molar-refractivity contribution in [2.75, 3.05) is 39.3 Å². The Balaban J connectivity index is 1.20. The molecule has 4 rings (SSSR count). The summed E-state index contributed by atoms with van der Waals surface area (Å²) in [5.74, 6) is 1.98. The largest absolute Gasteiger partial charge is 0.491 e. The predicted molar refractivity (Wildman–Crippen MR) is 108 cm³/mol. The molecule has 6 nitrogen and oxygen atoms in total. The molecule has 28 heavy (non-hydrogen) atoms. The summed E-state index contributed by atoms with van der Waals surface area (Å²) in [6.45, 7) is 6.12. The molecule has 7 heteroatoms. The number of hydrogen-bond acceptors (Lipinski definition) is 6. The minimum Gasteiger partial charge on any atom is -0.491 e. The molecule has 0 atom stereocenters. The van der Waals surface area contributed by atoms with Crippen LogP contribution < -0.4 is 4.74 Å². The lowest BCUT2D eigenvalue weighted by molar-refractivity contribution is 0.106. The fraction of sp³-hybridized carbons (Fsp3) is 0.333. The van der Waals surface area contributed by atoms with Crippen molar-refractivity contribution >= 4 is 11.6 Å². The van der Waals surface area contributed by atoms with E-state index < -0.39 is 0 Å². The van der Waals surface area contributed by atoms with Gasteiger partial charge in [0.1, 0.15) is 12.4 Å². The van der Waals surface area contributed by atoms with Crippen LogP contribution in [0.15, 0.2) is 59.0 Å². The Hall–Kier alpha value is -2.41. The molecule has 0 N–H and O–H groups in total. The van der Waals surface area contributed by atoms with Gasteiger partial charge in [0, 0.05) is 38.3 Å². The van der Waals surface area contributed by atoms with E-state index in [0.29, 0.717) is 30.0 Å². The van der Waals surface area contributed by atoms with Crippen molar-refractivity contribution in [1.29, 1.82) is 0 Å². The number of rotatable bonds is 7. The first-order valence-corrected chi connectivity index (χ1v) is 9.85. The number of aromatic nitrogens is 2. The maximum absolute atomic E-state index is 6.12. The summed E-state index contributed by atoms with van der Waals surface area (Å²) in [5.41, 5.74) is 0.949. The average Bonchev–Trinajstić information content (AvgIpc) is 3.20. The summed E-state index contributed by atoms with van der Waals surface area (Å²) < 4.78 is 11.6. The molecule has 1 aliphatic rings. The quantitative estimate of drug-likeness (QED) is 0.606. The first-order valence-electron chi connectivity index (χ1n) is 9.48. The minimum atomic E-state index is 0.575. The van der Waals surface area contributed by atoms with Crippen LogP contribution in [0.2, 0.25) is 5.02 Å². The Labute approximate surface area is 169 Å². The Morgan fingerprint density at radius 2 is 1.61 bits per heavy atom. The summed E-state index contributed by atoms with van der Waals surface area (Å²) in [7, 11) is 0. The molecule has 0 aliphatic carbocycles. The zero-order valence-corrected chi connectivity index (χ0v) is 16.4. The molecule has 0 radical (unpaired) electrons. The maximum Gasteiger partial charge on any atom is 0.247 e. The van der Waals surface area contributed by atoms with Crippen molar-refractivity contribution in [2.24, 2.45) is 0 Å². The molecule has 1 aliphatic heterocycles. The normalized spacial score (nSPS) is 15.6. The predicted octanol–water partition coefficient (Wildman–Crippen LogP) is 3.59. The van der Waals surface area contributed by atoms with Gasteiger partial charge in [-0.3, -0.25) is 9.80 Å². The van der Waals surface area contributed by atoms with Crippen LogP contribution in [0.1, 0.15) is 5.89 Å². The van der Waals surface area contributed by atoms with E-state index in [9.17, 15) is 0 Å². The summed E-state index contributed by atoms with van der Waals surface area (Å²) in [4.78, 5) is 4.74. The van der Waals surface area contributed by atoms with E-state index in [1.165, 1.54) is 0 Å². The highest BCUT2D eigenvalue weighted by Gasteiger charge is 2.19. The van der Waals surface area contributed by atoms with Gasteiger partial charge < -0.3 is 9.15 Å². The summed E-state index contributed by atoms with van der Waals surface area (Å²) >= 11 is 6.12. The van der Waals surface area contributed by atoms with Crippen molar-refractivity contribution in [2.45, 2.75) is 6.54 Å². The van der Waals surface area contributed by atoms with Crippen molar-refractivity contribution in [3.8, 4) is 17.2 Å². The van der Waals surface area contributed by atoms with Gasteiger partial charge in [0.15, 0.2) is 0 Å². The van der Waals surface area contributed by atoms with Gasteiger partial charge >= 0.3 is 0 Å². The second kappa shape index (κ2) is 9.19. The molecular formula is C21H23ClN4O2. The van der Waals surface area contributed by atoms with Gasteiger partial charge in [0.05, 0.1) is 11.6 Å². The molecule has 2 heterocycles. The third-order valence-corrected chi connectivity index (χ3v) is 5.13. The Bertz CT molecular complexity index is 879. The number of halogens is 1. The molecule has 0 saturated carbocycles. The highest BCUT2D eigenvalue weighted by molar-refractivity contribution is 6.32. The van der Waals surface area contributed by atoms with Gasteiger partial charge in [-0.15, -0.1) is 10.2 Å². The van der Waals surface area contributed by atoms with Gasteiger partial charge in [-0.1, -0.05) is 41.9 Å². The van der Waals surface area contributed by atoms with Crippen LogP contribution in [0.3, 0.4) is 0 Å². The van der Waals surface area contributed by atoms with E-state index in [0.717, 1.165) is 44.0 Å². The van der Waals surface area contributed by atoms with Gasteiger partial charge in [-0.25, -0.2) is 0 Å². The van der Waals surface area contributed by atoms with Crippen LogP contribution >= 0.6 is 11.6 Å². The molecule has 1 aromatic heterocycles. The Morgan fingerprint density at radius 1 is 0.893 bits per heavy atom. The van der Waals surface area contributed by atoms with E-state index in [4.69, 9.17) is 20.8 Å². The second-order valence-corrected chi connectivity index (χ2v) is 7.17. The first kappa shape index (κ1) is 18.9. The fourth-order valence-electron chi connectivity index (χ4n) is 3.22. The number of nitrogens with zero attached hydrogens (tertiary/aromatic N) is 4. The number of hydrogen-bond donors (Lipinski definition) is 0. The fourth-order valence-corrected chi connectivity index (χ4v) is 3.41. The Morgan fingerprint density at radius 3 is 2.39 bits per heavy atom. The van der Waals surface area contributed by atoms with Gasteiger partial charge in [0.25, 0.3) is 0 Å². The molecule has 146 valence electrons. The topological polar surface area (TPSA) is 54.6 Å². The minimum absolute atomic E-state index is 0.575. The molecule has 3 aromatic rings. The molecule has 1 fully saturated rings. The molecular weight excluding hydrogens is 376 g/mol. The maximum atomic E-state index is 6.12. The molecule has 0 amide bonds. The van der Waals surface area contributed by atoms with Gasteiger partial charge in [-0.2, -0.15) is 0 Å². The van der Waals surface area contributed by atoms with Crippen LogP contribution in [-0.4, -0.2) is 59.3 Å². The van der Waals surface area contributed by atoms with E-state index in [1.807, 2.05) is 54.6 Å².